The number of ether oxygens (including phenoxy) is 1. The second-order valence-electron chi connectivity index (χ2n) is 7.43. The number of fused-ring (bicyclic) bond motifs is 1. The molecule has 0 bridgehead atoms. The number of thioether (sulfide) groups is 1. The van der Waals surface area contributed by atoms with Crippen LogP contribution in [0, 0.1) is 0 Å². The first-order valence-corrected chi connectivity index (χ1v) is 12.0. The lowest BCUT2D eigenvalue weighted by Crippen LogP contribution is -2.19. The molecular weight excluding hydrogens is 496 g/mol. The van der Waals surface area contributed by atoms with Gasteiger partial charge in [0, 0.05) is 10.0 Å². The average molecular weight is 515 g/mol. The number of aliphatic imine (C=N–C) groups is 1. The Labute approximate surface area is 204 Å². The molecule has 1 fully saturated rings. The quantitative estimate of drug-likeness (QED) is 0.289. The number of hydrogen-bond acceptors (Lipinski definition) is 4. The van der Waals surface area contributed by atoms with Crippen molar-refractivity contribution in [3.05, 3.63) is 112 Å². The van der Waals surface area contributed by atoms with Gasteiger partial charge in [-0.25, -0.2) is 4.99 Å². The Bertz CT molecular complexity index is 1390. The van der Waals surface area contributed by atoms with Crippen molar-refractivity contribution in [1.29, 1.82) is 0 Å². The topological polar surface area (TPSA) is 50.7 Å². The van der Waals surface area contributed by atoms with Gasteiger partial charge in [0.25, 0.3) is 5.91 Å². The molecule has 162 valence electrons. The van der Waals surface area contributed by atoms with E-state index in [1.54, 1.807) is 0 Å². The van der Waals surface area contributed by atoms with E-state index in [0.717, 1.165) is 21.3 Å². The Morgan fingerprint density at radius 1 is 0.939 bits per heavy atom. The van der Waals surface area contributed by atoms with Crippen molar-refractivity contribution < 1.29 is 9.53 Å². The van der Waals surface area contributed by atoms with E-state index < -0.39 is 0 Å². The summed E-state index contributed by atoms with van der Waals surface area (Å²) in [5, 5.41) is 5.75. The largest absolute Gasteiger partial charge is 0.488 e. The number of benzene rings is 4. The van der Waals surface area contributed by atoms with Gasteiger partial charge in [0.2, 0.25) is 0 Å². The maximum absolute atomic E-state index is 12.6. The minimum atomic E-state index is -0.172. The first kappa shape index (κ1) is 21.5. The van der Waals surface area contributed by atoms with E-state index in [1.807, 2.05) is 72.8 Å². The van der Waals surface area contributed by atoms with Crippen molar-refractivity contribution in [1.82, 2.24) is 5.32 Å². The molecule has 1 aliphatic heterocycles. The van der Waals surface area contributed by atoms with Gasteiger partial charge in [-0.3, -0.25) is 4.79 Å². The van der Waals surface area contributed by atoms with E-state index in [-0.39, 0.29) is 5.91 Å². The van der Waals surface area contributed by atoms with Crippen LogP contribution < -0.4 is 10.1 Å². The third-order valence-electron chi connectivity index (χ3n) is 5.16. The highest BCUT2D eigenvalue weighted by atomic mass is 79.9. The molecule has 1 heterocycles. The van der Waals surface area contributed by atoms with Crippen molar-refractivity contribution in [3.8, 4) is 5.75 Å². The molecule has 6 heteroatoms. The predicted molar refractivity (Wildman–Crippen MR) is 140 cm³/mol. The Hall–Kier alpha value is -3.35. The Balaban J connectivity index is 1.40. The van der Waals surface area contributed by atoms with Crippen LogP contribution in [-0.2, 0) is 11.4 Å². The fourth-order valence-electron chi connectivity index (χ4n) is 3.58. The summed E-state index contributed by atoms with van der Waals surface area (Å²) in [6, 6.07) is 29.8. The summed E-state index contributed by atoms with van der Waals surface area (Å²) < 4.78 is 7.13. The number of amides is 1. The molecular formula is C27H19BrN2O2S. The van der Waals surface area contributed by atoms with Crippen molar-refractivity contribution >= 4 is 61.3 Å². The average Bonchev–Trinajstić information content (AvgIpc) is 3.17. The molecule has 5 rings (SSSR count). The van der Waals surface area contributed by atoms with Crippen molar-refractivity contribution in [2.24, 2.45) is 4.99 Å². The third-order valence-corrected chi connectivity index (χ3v) is 6.56. The van der Waals surface area contributed by atoms with Crippen LogP contribution in [-0.4, -0.2) is 11.1 Å². The lowest BCUT2D eigenvalue weighted by atomic mass is 10.1. The molecule has 1 aliphatic rings. The summed E-state index contributed by atoms with van der Waals surface area (Å²) in [7, 11) is 0. The normalized spacial score (nSPS) is 15.8. The van der Waals surface area contributed by atoms with Gasteiger partial charge in [0.15, 0.2) is 5.17 Å². The molecule has 1 amide bonds. The van der Waals surface area contributed by atoms with Crippen molar-refractivity contribution in [2.45, 2.75) is 6.61 Å². The first-order valence-electron chi connectivity index (χ1n) is 10.4. The second kappa shape index (κ2) is 9.65. The lowest BCUT2D eigenvalue weighted by Gasteiger charge is -2.12. The molecule has 4 aromatic rings. The highest BCUT2D eigenvalue weighted by Gasteiger charge is 2.24. The third kappa shape index (κ3) is 5.02. The van der Waals surface area contributed by atoms with Crippen molar-refractivity contribution in [3.63, 3.8) is 0 Å². The molecule has 1 saturated heterocycles. The zero-order valence-corrected chi connectivity index (χ0v) is 19.9. The monoisotopic (exact) mass is 514 g/mol. The minimum Gasteiger partial charge on any atom is -0.488 e. The zero-order chi connectivity index (χ0) is 22.6. The molecule has 0 atom stereocenters. The van der Waals surface area contributed by atoms with Crippen LogP contribution in [0.3, 0.4) is 0 Å². The van der Waals surface area contributed by atoms with Crippen LogP contribution in [0.25, 0.3) is 16.8 Å². The van der Waals surface area contributed by atoms with E-state index in [4.69, 9.17) is 4.74 Å². The van der Waals surface area contributed by atoms with Crippen LogP contribution in [0.2, 0.25) is 0 Å². The number of nitrogens with zero attached hydrogens (tertiary/aromatic N) is 1. The minimum absolute atomic E-state index is 0.172. The number of para-hydroxylation sites is 1. The Morgan fingerprint density at radius 3 is 2.61 bits per heavy atom. The number of hydrogen-bond donors (Lipinski definition) is 1. The Morgan fingerprint density at radius 2 is 1.73 bits per heavy atom. The molecule has 0 saturated carbocycles. The number of amidine groups is 1. The molecule has 0 aliphatic carbocycles. The van der Waals surface area contributed by atoms with Gasteiger partial charge in [0.1, 0.15) is 12.4 Å². The van der Waals surface area contributed by atoms with Crippen LogP contribution in [0.4, 0.5) is 5.69 Å². The van der Waals surface area contributed by atoms with E-state index in [2.05, 4.69) is 50.5 Å². The number of carbonyl (C=O) groups excluding carboxylic acids is 1. The molecule has 1 N–H and O–H groups in total. The molecule has 0 radical (unpaired) electrons. The van der Waals surface area contributed by atoms with Gasteiger partial charge in [-0.15, -0.1) is 0 Å². The SMILES string of the molecule is O=C1NC(=Nc2ccccc2)S/C1=C/c1cc(Br)ccc1OCc1cccc2ccccc12. The van der Waals surface area contributed by atoms with E-state index in [9.17, 15) is 4.79 Å². The summed E-state index contributed by atoms with van der Waals surface area (Å²) >= 11 is 4.85. The highest BCUT2D eigenvalue weighted by Crippen LogP contribution is 2.32. The fraction of sp³-hybridized carbons (Fsp3) is 0.0370. The zero-order valence-electron chi connectivity index (χ0n) is 17.5. The highest BCUT2D eigenvalue weighted by molar-refractivity contribution is 9.10. The van der Waals surface area contributed by atoms with E-state index in [1.165, 1.54) is 22.5 Å². The maximum atomic E-state index is 12.6. The van der Waals surface area contributed by atoms with Crippen LogP contribution in [0.5, 0.6) is 5.75 Å². The molecule has 4 aromatic carbocycles. The summed E-state index contributed by atoms with van der Waals surface area (Å²) in [6.07, 6.45) is 1.84. The number of rotatable bonds is 5. The number of carbonyl (C=O) groups is 1. The molecule has 0 aromatic heterocycles. The Kier molecular flexibility index (Phi) is 6.28. The standard InChI is InChI=1S/C27H19BrN2O2S/c28-21-13-14-24(32-17-19-9-6-8-18-7-4-5-12-23(18)19)20(15-21)16-25-26(31)30-27(33-25)29-22-10-2-1-3-11-22/h1-16H,17H2,(H,29,30,31)/b25-16+. The smallest absolute Gasteiger partial charge is 0.264 e. The second-order valence-corrected chi connectivity index (χ2v) is 9.37. The molecule has 4 nitrogen and oxygen atoms in total. The summed E-state index contributed by atoms with van der Waals surface area (Å²) in [5.41, 5.74) is 2.73. The van der Waals surface area contributed by atoms with Gasteiger partial charge in [-0.1, -0.05) is 76.6 Å². The predicted octanol–water partition coefficient (Wildman–Crippen LogP) is 7.07. The maximum Gasteiger partial charge on any atom is 0.264 e. The van der Waals surface area contributed by atoms with Gasteiger partial charge in [0.05, 0.1) is 10.6 Å². The molecule has 33 heavy (non-hydrogen) atoms. The fourth-order valence-corrected chi connectivity index (χ4v) is 4.79. The van der Waals surface area contributed by atoms with Gasteiger partial charge in [-0.2, -0.15) is 0 Å². The van der Waals surface area contributed by atoms with Crippen LogP contribution in [0.15, 0.2) is 105 Å². The summed E-state index contributed by atoms with van der Waals surface area (Å²) in [6.45, 7) is 0.430. The van der Waals surface area contributed by atoms with Crippen molar-refractivity contribution in [2.75, 3.05) is 0 Å². The van der Waals surface area contributed by atoms with Gasteiger partial charge < -0.3 is 10.1 Å². The van der Waals surface area contributed by atoms with Gasteiger partial charge >= 0.3 is 0 Å². The first-order chi connectivity index (χ1) is 16.2. The van der Waals surface area contributed by atoms with E-state index in [0.29, 0.717) is 22.4 Å². The van der Waals surface area contributed by atoms with Crippen LogP contribution >= 0.6 is 27.7 Å². The van der Waals surface area contributed by atoms with Gasteiger partial charge in [-0.05, 0) is 64.5 Å². The van der Waals surface area contributed by atoms with E-state index >= 15 is 0 Å². The number of halogens is 1. The molecule has 0 unspecified atom stereocenters. The van der Waals surface area contributed by atoms with Crippen LogP contribution in [0.1, 0.15) is 11.1 Å². The lowest BCUT2D eigenvalue weighted by molar-refractivity contribution is -0.115. The summed E-state index contributed by atoms with van der Waals surface area (Å²) in [5.74, 6) is 0.537. The number of nitrogens with one attached hydrogen (secondary N) is 1. The summed E-state index contributed by atoms with van der Waals surface area (Å²) in [4.78, 5) is 17.6. The molecule has 0 spiro atoms.